The molecule has 1 aromatic carbocycles. The fraction of sp³-hybridized carbons (Fsp3) is 0. The minimum atomic E-state index is 0.640. The summed E-state index contributed by atoms with van der Waals surface area (Å²) in [5.41, 5.74) is 4.48. The second-order valence-corrected chi connectivity index (χ2v) is 3.94. The summed E-state index contributed by atoms with van der Waals surface area (Å²) in [6, 6.07) is 5.64. The molecule has 5 heteroatoms. The second-order valence-electron chi connectivity index (χ2n) is 2.26. The van der Waals surface area contributed by atoms with E-state index in [0.29, 0.717) is 5.69 Å². The Morgan fingerprint density at radius 3 is 2.85 bits per heavy atom. The molecule has 0 saturated heterocycles. The molecule has 0 atom stereocenters. The van der Waals surface area contributed by atoms with Crippen molar-refractivity contribution >= 4 is 47.8 Å². The summed E-state index contributed by atoms with van der Waals surface area (Å²) in [6.45, 7) is 3.65. The van der Waals surface area contributed by atoms with Crippen LogP contribution in [-0.2, 0) is 0 Å². The molecule has 0 radical (unpaired) electrons. The zero-order chi connectivity index (χ0) is 9.68. The average molecular weight is 308 g/mol. The highest BCUT2D eigenvalue weighted by Crippen LogP contribution is 2.29. The van der Waals surface area contributed by atoms with Crippen LogP contribution in [-0.4, -0.2) is 5.21 Å². The van der Waals surface area contributed by atoms with E-state index in [2.05, 4.69) is 38.0 Å². The van der Waals surface area contributed by atoms with Crippen LogP contribution in [0.2, 0.25) is 0 Å². The first kappa shape index (κ1) is 10.7. The summed E-state index contributed by atoms with van der Waals surface area (Å²) in [7, 11) is 1.44. The second kappa shape index (κ2) is 5.36. The molecule has 0 fully saturated rings. The topological polar surface area (TPSA) is 44.3 Å². The van der Waals surface area contributed by atoms with Crippen LogP contribution in [0, 0.1) is 0 Å². The summed E-state index contributed by atoms with van der Waals surface area (Å²) in [4.78, 5) is 0. The van der Waals surface area contributed by atoms with Crippen LogP contribution in [0.5, 0.6) is 0 Å². The zero-order valence-electron chi connectivity index (χ0n) is 6.75. The predicted octanol–water partition coefficient (Wildman–Crippen LogP) is 3.54. The van der Waals surface area contributed by atoms with Gasteiger partial charge in [-0.2, -0.15) is 0 Å². The number of nitrogens with one attached hydrogen (secondary N) is 2. The normalized spacial score (nSPS) is 9.38. The van der Waals surface area contributed by atoms with Gasteiger partial charge in [0.1, 0.15) is 0 Å². The van der Waals surface area contributed by atoms with Gasteiger partial charge in [0.2, 0.25) is 0 Å². The highest BCUT2D eigenvalue weighted by atomic mass is 127. The van der Waals surface area contributed by atoms with Gasteiger partial charge in [-0.15, -0.1) is 0 Å². The summed E-state index contributed by atoms with van der Waals surface area (Å²) in [5, 5.41) is 8.91. The van der Waals surface area contributed by atoms with Crippen molar-refractivity contribution in [3.63, 3.8) is 0 Å². The fourth-order valence-electron chi connectivity index (χ4n) is 0.992. The lowest BCUT2D eigenvalue weighted by Crippen LogP contribution is -1.96. The first-order valence-corrected chi connectivity index (χ1v) is 6.88. The Labute approximate surface area is 93.3 Å². The molecule has 0 aromatic heterocycles. The smallest absolute Gasteiger partial charge is 0.0914 e. The van der Waals surface area contributed by atoms with Gasteiger partial charge in [-0.3, -0.25) is 10.7 Å². The molecule has 0 saturated carbocycles. The molecule has 3 nitrogen and oxygen atoms in total. The molecule has 0 unspecified atom stereocenters. The molecular formula is C8H9IN2OS. The van der Waals surface area contributed by atoms with Crippen molar-refractivity contribution in [3.8, 4) is 0 Å². The minimum absolute atomic E-state index is 0.640. The molecule has 70 valence electrons. The third kappa shape index (κ3) is 2.52. The van der Waals surface area contributed by atoms with E-state index < -0.39 is 0 Å². The Morgan fingerprint density at radius 1 is 1.54 bits per heavy atom. The van der Waals surface area contributed by atoms with Gasteiger partial charge in [-0.25, -0.2) is 0 Å². The van der Waals surface area contributed by atoms with Gasteiger partial charge in [0.25, 0.3) is 0 Å². The van der Waals surface area contributed by atoms with E-state index >= 15 is 0 Å². The molecule has 0 spiro atoms. The van der Waals surface area contributed by atoms with Crippen LogP contribution < -0.4 is 10.2 Å². The predicted molar refractivity (Wildman–Crippen MR) is 67.2 cm³/mol. The van der Waals surface area contributed by atoms with Crippen molar-refractivity contribution in [1.82, 2.24) is 0 Å². The van der Waals surface area contributed by atoms with Crippen LogP contribution in [0.25, 0.3) is 6.08 Å². The quantitative estimate of drug-likeness (QED) is 0.452. The van der Waals surface area contributed by atoms with Crippen LogP contribution in [0.1, 0.15) is 5.56 Å². The lowest BCUT2D eigenvalue weighted by Gasteiger charge is -2.10. The zero-order valence-corrected chi connectivity index (χ0v) is 9.72. The van der Waals surface area contributed by atoms with E-state index in [9.17, 15) is 0 Å². The van der Waals surface area contributed by atoms with Crippen LogP contribution in [0.3, 0.4) is 0 Å². The number of para-hydroxylation sites is 1. The van der Waals surface area contributed by atoms with E-state index in [0.717, 1.165) is 11.3 Å². The lowest BCUT2D eigenvalue weighted by atomic mass is 10.1. The SMILES string of the molecule is C=Cc1cccc(NSI)c1NO. The third-order valence-corrected chi connectivity index (χ3v) is 2.53. The van der Waals surface area contributed by atoms with E-state index in [1.165, 1.54) is 9.12 Å². The van der Waals surface area contributed by atoms with Gasteiger partial charge in [0.05, 0.1) is 11.4 Å². The van der Waals surface area contributed by atoms with E-state index in [1.807, 2.05) is 18.2 Å². The Hall–Kier alpha value is -0.400. The van der Waals surface area contributed by atoms with Gasteiger partial charge in [-0.1, -0.05) is 24.8 Å². The average Bonchev–Trinajstić information content (AvgIpc) is 2.18. The molecule has 13 heavy (non-hydrogen) atoms. The van der Waals surface area contributed by atoms with Crippen LogP contribution in [0.15, 0.2) is 24.8 Å². The van der Waals surface area contributed by atoms with E-state index in [4.69, 9.17) is 5.21 Å². The number of halogens is 1. The van der Waals surface area contributed by atoms with E-state index in [1.54, 1.807) is 6.08 Å². The van der Waals surface area contributed by atoms with Crippen LogP contribution >= 0.6 is 30.3 Å². The minimum Gasteiger partial charge on any atom is -0.319 e. The third-order valence-electron chi connectivity index (χ3n) is 1.58. The molecule has 1 rings (SSSR count). The lowest BCUT2D eigenvalue weighted by molar-refractivity contribution is 0.389. The highest BCUT2D eigenvalue weighted by molar-refractivity contribution is 14.2. The first-order valence-electron chi connectivity index (χ1n) is 3.52. The van der Waals surface area contributed by atoms with Crippen molar-refractivity contribution in [3.05, 3.63) is 30.3 Å². The maximum atomic E-state index is 8.91. The van der Waals surface area contributed by atoms with Crippen molar-refractivity contribution in [2.75, 3.05) is 10.2 Å². The Morgan fingerprint density at radius 2 is 2.31 bits per heavy atom. The molecule has 1 aromatic rings. The van der Waals surface area contributed by atoms with Gasteiger partial charge in [0.15, 0.2) is 0 Å². The number of benzene rings is 1. The van der Waals surface area contributed by atoms with Gasteiger partial charge in [0, 0.05) is 35.9 Å². The summed E-state index contributed by atoms with van der Waals surface area (Å²) in [5.74, 6) is 0. The molecular weight excluding hydrogens is 299 g/mol. The largest absolute Gasteiger partial charge is 0.319 e. The van der Waals surface area contributed by atoms with Crippen molar-refractivity contribution < 1.29 is 5.21 Å². The molecule has 0 bridgehead atoms. The van der Waals surface area contributed by atoms with Gasteiger partial charge in [-0.05, 0) is 6.07 Å². The van der Waals surface area contributed by atoms with Gasteiger partial charge >= 0.3 is 0 Å². The van der Waals surface area contributed by atoms with Crippen molar-refractivity contribution in [2.24, 2.45) is 0 Å². The summed E-state index contributed by atoms with van der Waals surface area (Å²) >= 11 is 2.12. The monoisotopic (exact) mass is 308 g/mol. The fourth-order valence-corrected chi connectivity index (χ4v) is 1.96. The Kier molecular flexibility index (Phi) is 4.40. The Balaban J connectivity index is 3.10. The standard InChI is InChI=1S/C8H9IN2OS/c1-2-6-4-3-5-7(11-13-9)8(6)10-12/h2-5,10-12H,1H2. The number of hydrogen-bond donors (Lipinski definition) is 3. The number of hydrogen-bond acceptors (Lipinski definition) is 4. The molecule has 3 N–H and O–H groups in total. The molecule has 0 aliphatic carbocycles. The Bertz CT molecular complexity index is 306. The maximum Gasteiger partial charge on any atom is 0.0914 e. The van der Waals surface area contributed by atoms with Crippen LogP contribution in [0.4, 0.5) is 11.4 Å². The van der Waals surface area contributed by atoms with Crippen molar-refractivity contribution in [1.29, 1.82) is 0 Å². The number of anilines is 2. The first-order chi connectivity index (χ1) is 6.33. The maximum absolute atomic E-state index is 8.91. The summed E-state index contributed by atoms with van der Waals surface area (Å²) < 4.78 is 3.03. The molecule has 0 aliphatic heterocycles. The van der Waals surface area contributed by atoms with Gasteiger partial charge < -0.3 is 4.72 Å². The van der Waals surface area contributed by atoms with Crippen molar-refractivity contribution in [2.45, 2.75) is 0 Å². The molecule has 0 heterocycles. The molecule has 0 aliphatic rings. The number of rotatable bonds is 4. The molecule has 0 amide bonds. The highest BCUT2D eigenvalue weighted by Gasteiger charge is 2.03. The summed E-state index contributed by atoms with van der Waals surface area (Å²) in [6.07, 6.45) is 1.68. The van der Waals surface area contributed by atoms with E-state index in [-0.39, 0.29) is 0 Å².